The Morgan fingerprint density at radius 2 is 1.88 bits per heavy atom. The molecule has 34 heavy (non-hydrogen) atoms. The summed E-state index contributed by atoms with van der Waals surface area (Å²) in [6.45, 7) is 2.37. The van der Waals surface area contributed by atoms with Crippen molar-refractivity contribution >= 4 is 16.9 Å². The van der Waals surface area contributed by atoms with E-state index in [0.717, 1.165) is 16.3 Å². The fraction of sp³-hybridized carbons (Fsp3) is 0.308. The number of ether oxygens (including phenoxy) is 2. The highest BCUT2D eigenvalue weighted by Gasteiger charge is 2.55. The molecule has 1 aliphatic heterocycles. The molecule has 0 bridgehead atoms. The molecule has 0 fully saturated rings. The maximum atomic E-state index is 12.6. The number of nitriles is 3. The van der Waals surface area contributed by atoms with E-state index in [0.29, 0.717) is 11.3 Å². The summed E-state index contributed by atoms with van der Waals surface area (Å²) in [5.41, 5.74) is 6.04. The maximum absolute atomic E-state index is 12.6. The summed E-state index contributed by atoms with van der Waals surface area (Å²) in [7, 11) is 1.58. The normalized spacial score (nSPS) is 20.9. The van der Waals surface area contributed by atoms with Crippen LogP contribution >= 0.6 is 0 Å². The van der Waals surface area contributed by atoms with Gasteiger partial charge in [0.25, 0.3) is 0 Å². The van der Waals surface area contributed by atoms with Crippen molar-refractivity contribution < 1.29 is 14.3 Å². The molecule has 0 radical (unpaired) electrons. The van der Waals surface area contributed by atoms with E-state index in [9.17, 15) is 20.6 Å². The molecule has 0 saturated carbocycles. The van der Waals surface area contributed by atoms with E-state index in [-0.39, 0.29) is 31.0 Å². The summed E-state index contributed by atoms with van der Waals surface area (Å²) < 4.78 is 10.7. The lowest BCUT2D eigenvalue weighted by Crippen LogP contribution is -2.49. The van der Waals surface area contributed by atoms with Crippen LogP contribution in [0.25, 0.3) is 10.8 Å². The van der Waals surface area contributed by atoms with E-state index in [1.165, 1.54) is 4.90 Å². The zero-order valence-electron chi connectivity index (χ0n) is 18.9. The van der Waals surface area contributed by atoms with Gasteiger partial charge in [-0.2, -0.15) is 15.8 Å². The van der Waals surface area contributed by atoms with E-state index < -0.39 is 23.3 Å². The van der Waals surface area contributed by atoms with Gasteiger partial charge >= 0.3 is 6.09 Å². The van der Waals surface area contributed by atoms with Gasteiger partial charge in [0, 0.05) is 30.3 Å². The van der Waals surface area contributed by atoms with E-state index in [4.69, 9.17) is 15.2 Å². The molecule has 2 aromatic rings. The van der Waals surface area contributed by atoms with Crippen LogP contribution in [0.3, 0.4) is 0 Å². The first-order chi connectivity index (χ1) is 16.5. The maximum Gasteiger partial charge on any atom is 0.410 e. The summed E-state index contributed by atoms with van der Waals surface area (Å²) in [5.74, 6) is -0.599. The zero-order chi connectivity index (χ0) is 24.5. The quantitative estimate of drug-likeness (QED) is 0.747. The van der Waals surface area contributed by atoms with Crippen LogP contribution in [-0.4, -0.2) is 37.8 Å². The van der Waals surface area contributed by atoms with Crippen molar-refractivity contribution in [2.75, 3.05) is 26.8 Å². The molecule has 0 aromatic heterocycles. The minimum Gasteiger partial charge on any atom is -0.496 e. The van der Waals surface area contributed by atoms with E-state index >= 15 is 0 Å². The topological polar surface area (TPSA) is 136 Å². The van der Waals surface area contributed by atoms with Gasteiger partial charge in [-0.05, 0) is 29.5 Å². The largest absolute Gasteiger partial charge is 0.496 e. The number of benzene rings is 2. The summed E-state index contributed by atoms with van der Waals surface area (Å²) in [5, 5.41) is 32.2. The van der Waals surface area contributed by atoms with Crippen molar-refractivity contribution in [1.29, 1.82) is 15.8 Å². The number of fused-ring (bicyclic) bond motifs is 2. The third-order valence-electron chi connectivity index (χ3n) is 6.66. The summed E-state index contributed by atoms with van der Waals surface area (Å²) in [6, 6.07) is 17.6. The molecule has 2 aliphatic rings. The van der Waals surface area contributed by atoms with Crippen molar-refractivity contribution in [2.24, 2.45) is 17.1 Å². The van der Waals surface area contributed by atoms with Gasteiger partial charge in [-0.15, -0.1) is 0 Å². The first-order valence-corrected chi connectivity index (χ1v) is 10.9. The van der Waals surface area contributed by atoms with Crippen LogP contribution < -0.4 is 10.5 Å². The summed E-state index contributed by atoms with van der Waals surface area (Å²) in [6.07, 6.45) is 1.28. The fourth-order valence-electron chi connectivity index (χ4n) is 5.13. The minimum atomic E-state index is -1.80. The average Bonchev–Trinajstić information content (AvgIpc) is 2.87. The molecule has 8 heteroatoms. The molecule has 2 N–H and O–H groups in total. The first kappa shape index (κ1) is 22.7. The lowest BCUT2D eigenvalue weighted by atomic mass is 9.57. The highest BCUT2D eigenvalue weighted by atomic mass is 16.6. The van der Waals surface area contributed by atoms with Crippen molar-refractivity contribution in [3.8, 4) is 24.0 Å². The molecule has 8 nitrogen and oxygen atoms in total. The van der Waals surface area contributed by atoms with Crippen molar-refractivity contribution in [3.05, 3.63) is 64.9 Å². The SMILES string of the molecule is CCOC(=O)N1CC=C2C(C#N)=C(N)C(C#N)(C#N)C(c3ccc(OC)c4ccccc34)C2C1. The van der Waals surface area contributed by atoms with E-state index in [2.05, 4.69) is 18.2 Å². The van der Waals surface area contributed by atoms with Crippen LogP contribution in [0, 0.1) is 45.3 Å². The predicted octanol–water partition coefficient (Wildman–Crippen LogP) is 3.73. The number of rotatable bonds is 3. The minimum absolute atomic E-state index is 0.0583. The molecule has 1 heterocycles. The Morgan fingerprint density at radius 3 is 2.50 bits per heavy atom. The predicted molar refractivity (Wildman–Crippen MR) is 124 cm³/mol. The Labute approximate surface area is 197 Å². The molecule has 0 spiro atoms. The lowest BCUT2D eigenvalue weighted by Gasteiger charge is -2.45. The average molecular weight is 454 g/mol. The zero-order valence-corrected chi connectivity index (χ0v) is 18.9. The van der Waals surface area contributed by atoms with Gasteiger partial charge in [0.05, 0.1) is 37.1 Å². The van der Waals surface area contributed by atoms with Crippen molar-refractivity contribution in [1.82, 2.24) is 4.90 Å². The monoisotopic (exact) mass is 453 g/mol. The van der Waals surface area contributed by atoms with Gasteiger partial charge < -0.3 is 20.1 Å². The van der Waals surface area contributed by atoms with Crippen LogP contribution in [-0.2, 0) is 4.74 Å². The molecule has 0 saturated heterocycles. The molecule has 1 amide bonds. The smallest absolute Gasteiger partial charge is 0.410 e. The van der Waals surface area contributed by atoms with E-state index in [1.807, 2.05) is 30.3 Å². The number of nitrogens with zero attached hydrogens (tertiary/aromatic N) is 4. The van der Waals surface area contributed by atoms with Gasteiger partial charge in [-0.3, -0.25) is 0 Å². The van der Waals surface area contributed by atoms with Crippen LogP contribution in [0.5, 0.6) is 5.75 Å². The number of carbonyl (C=O) groups excluding carboxylic acids is 1. The number of hydrogen-bond acceptors (Lipinski definition) is 7. The van der Waals surface area contributed by atoms with Crippen LogP contribution in [0.1, 0.15) is 18.4 Å². The summed E-state index contributed by atoms with van der Waals surface area (Å²) in [4.78, 5) is 14.1. The van der Waals surface area contributed by atoms with Gasteiger partial charge in [0.2, 0.25) is 0 Å². The molecule has 2 unspecified atom stereocenters. The molecule has 4 rings (SSSR count). The highest BCUT2D eigenvalue weighted by molar-refractivity contribution is 5.92. The fourth-order valence-corrected chi connectivity index (χ4v) is 5.13. The first-order valence-electron chi connectivity index (χ1n) is 10.9. The number of methoxy groups -OCH3 is 1. The standard InChI is InChI=1S/C26H23N5O3/c1-3-34-25(32)31-11-10-17-20(12-27)24(30)26(14-28,15-29)23(21(17)13-31)19-8-9-22(33-2)18-7-5-4-6-16(18)19/h4-10,21,23H,3,11,13,30H2,1-2H3. The Kier molecular flexibility index (Phi) is 5.88. The number of nitrogens with two attached hydrogens (primary N) is 1. The molecular weight excluding hydrogens is 430 g/mol. The Balaban J connectivity index is 2.02. The number of hydrogen-bond donors (Lipinski definition) is 1. The van der Waals surface area contributed by atoms with Crippen LogP contribution in [0.2, 0.25) is 0 Å². The third kappa shape index (κ3) is 3.22. The molecule has 170 valence electrons. The van der Waals surface area contributed by atoms with Crippen molar-refractivity contribution in [3.63, 3.8) is 0 Å². The second-order valence-electron chi connectivity index (χ2n) is 8.18. The third-order valence-corrected chi connectivity index (χ3v) is 6.66. The summed E-state index contributed by atoms with van der Waals surface area (Å²) >= 11 is 0. The highest BCUT2D eigenvalue weighted by Crippen LogP contribution is 2.55. The second kappa shape index (κ2) is 8.81. The van der Waals surface area contributed by atoms with Gasteiger partial charge in [-0.1, -0.05) is 36.4 Å². The van der Waals surface area contributed by atoms with Crippen LogP contribution in [0.4, 0.5) is 4.79 Å². The Hall–Kier alpha value is -4.48. The van der Waals surface area contributed by atoms with Gasteiger partial charge in [0.1, 0.15) is 11.8 Å². The lowest BCUT2D eigenvalue weighted by molar-refractivity contribution is 0.1000. The molecule has 2 aromatic carbocycles. The van der Waals surface area contributed by atoms with E-state index in [1.54, 1.807) is 26.2 Å². The number of carbonyl (C=O) groups is 1. The number of amides is 1. The van der Waals surface area contributed by atoms with Gasteiger partial charge in [-0.25, -0.2) is 4.79 Å². The molecule has 1 aliphatic carbocycles. The Bertz CT molecular complexity index is 1340. The second-order valence-corrected chi connectivity index (χ2v) is 8.18. The number of allylic oxidation sites excluding steroid dienone is 2. The molecular formula is C26H23N5O3. The Morgan fingerprint density at radius 1 is 1.18 bits per heavy atom. The van der Waals surface area contributed by atoms with Crippen LogP contribution in [0.15, 0.2) is 59.3 Å². The van der Waals surface area contributed by atoms with Crippen molar-refractivity contribution in [2.45, 2.75) is 12.8 Å². The molecule has 2 atom stereocenters. The van der Waals surface area contributed by atoms with Gasteiger partial charge in [0.15, 0.2) is 5.41 Å².